The second-order valence-electron chi connectivity index (χ2n) is 2.72. The van der Waals surface area contributed by atoms with Gasteiger partial charge < -0.3 is 4.74 Å². The minimum atomic E-state index is 0.110. The third-order valence-electron chi connectivity index (χ3n) is 1.46. The molecule has 1 nitrogen and oxygen atoms in total. The van der Waals surface area contributed by atoms with Gasteiger partial charge in [-0.05, 0) is 13.8 Å². The molecule has 1 aliphatic rings. The van der Waals surface area contributed by atoms with Crippen molar-refractivity contribution in [3.8, 4) is 0 Å². The van der Waals surface area contributed by atoms with Gasteiger partial charge in [-0.1, -0.05) is 28.1 Å². The van der Waals surface area contributed by atoms with Crippen LogP contribution in [0.2, 0.25) is 0 Å². The molecule has 0 bridgehead atoms. The normalized spacial score (nSPS) is 31.2. The van der Waals surface area contributed by atoms with Gasteiger partial charge in [0, 0.05) is 5.33 Å². The van der Waals surface area contributed by atoms with Crippen molar-refractivity contribution in [2.45, 2.75) is 25.6 Å². The summed E-state index contributed by atoms with van der Waals surface area (Å²) in [7, 11) is 0. The predicted molar refractivity (Wildman–Crippen MR) is 41.9 cm³/mol. The van der Waals surface area contributed by atoms with E-state index in [1.807, 2.05) is 0 Å². The number of rotatable bonds is 2. The lowest BCUT2D eigenvalue weighted by Crippen LogP contribution is -1.99. The van der Waals surface area contributed by atoms with Crippen LogP contribution in [0, 0.1) is 0 Å². The Balaban J connectivity index is 2.27. The molecule has 1 rings (SSSR count). The average Bonchev–Trinajstić information content (AvgIpc) is 2.35. The van der Waals surface area contributed by atoms with Crippen LogP contribution in [0.1, 0.15) is 13.8 Å². The summed E-state index contributed by atoms with van der Waals surface area (Å²) < 4.78 is 5.30. The van der Waals surface area contributed by atoms with E-state index >= 15 is 0 Å². The van der Waals surface area contributed by atoms with E-state index in [2.05, 4.69) is 41.9 Å². The highest BCUT2D eigenvalue weighted by Crippen LogP contribution is 2.35. The zero-order valence-corrected chi connectivity index (χ0v) is 7.31. The Hall–Kier alpha value is 0.180. The topological polar surface area (TPSA) is 12.5 Å². The molecular weight excluding hydrogens is 180 g/mol. The van der Waals surface area contributed by atoms with E-state index in [1.165, 1.54) is 0 Å². The lowest BCUT2D eigenvalue weighted by Gasteiger charge is -1.86. The summed E-state index contributed by atoms with van der Waals surface area (Å²) in [6, 6.07) is 0. The Labute approximate surface area is 64.2 Å². The first-order valence-electron chi connectivity index (χ1n) is 3.07. The summed E-state index contributed by atoms with van der Waals surface area (Å²) in [6.45, 7) is 4.19. The summed E-state index contributed by atoms with van der Waals surface area (Å²) in [6.07, 6.45) is 4.52. The summed E-state index contributed by atoms with van der Waals surface area (Å²) in [5.74, 6) is 0. The van der Waals surface area contributed by atoms with E-state index in [4.69, 9.17) is 4.74 Å². The molecule has 1 unspecified atom stereocenters. The lowest BCUT2D eigenvalue weighted by molar-refractivity contribution is 0.333. The molecular formula is C7H11BrO. The summed E-state index contributed by atoms with van der Waals surface area (Å²) in [5.41, 5.74) is 0.110. The van der Waals surface area contributed by atoms with E-state index < -0.39 is 0 Å². The largest absolute Gasteiger partial charge is 0.362 e. The summed E-state index contributed by atoms with van der Waals surface area (Å²) in [5, 5.41) is 0.920. The maximum Gasteiger partial charge on any atom is 0.105 e. The van der Waals surface area contributed by atoms with Gasteiger partial charge in [-0.15, -0.1) is 0 Å². The standard InChI is InChI=1S/C7H11BrO/c1-7(2)6(9-7)4-3-5-8/h3-4,6H,5H2,1-2H3/b4-3+. The first-order valence-corrected chi connectivity index (χ1v) is 4.19. The highest BCUT2D eigenvalue weighted by molar-refractivity contribution is 9.09. The quantitative estimate of drug-likeness (QED) is 0.370. The van der Waals surface area contributed by atoms with Crippen molar-refractivity contribution in [1.82, 2.24) is 0 Å². The van der Waals surface area contributed by atoms with Crippen molar-refractivity contribution in [1.29, 1.82) is 0 Å². The minimum absolute atomic E-state index is 0.110. The fourth-order valence-corrected chi connectivity index (χ4v) is 0.955. The van der Waals surface area contributed by atoms with Gasteiger partial charge in [0.1, 0.15) is 6.10 Å². The molecule has 0 radical (unpaired) electrons. The molecule has 1 aliphatic heterocycles. The van der Waals surface area contributed by atoms with Gasteiger partial charge in [0.25, 0.3) is 0 Å². The molecule has 0 saturated carbocycles. The number of epoxide rings is 1. The van der Waals surface area contributed by atoms with Crippen molar-refractivity contribution in [3.05, 3.63) is 12.2 Å². The Morgan fingerprint density at radius 3 is 2.56 bits per heavy atom. The van der Waals surface area contributed by atoms with Gasteiger partial charge in [0.15, 0.2) is 0 Å². The molecule has 1 saturated heterocycles. The van der Waals surface area contributed by atoms with Crippen LogP contribution >= 0.6 is 15.9 Å². The van der Waals surface area contributed by atoms with E-state index in [0.717, 1.165) is 5.33 Å². The molecule has 0 amide bonds. The molecule has 2 heteroatoms. The van der Waals surface area contributed by atoms with Crippen molar-refractivity contribution in [3.63, 3.8) is 0 Å². The van der Waals surface area contributed by atoms with Crippen molar-refractivity contribution in [2.24, 2.45) is 0 Å². The molecule has 52 valence electrons. The molecule has 0 aromatic heterocycles. The maximum atomic E-state index is 5.30. The number of alkyl halides is 1. The van der Waals surface area contributed by atoms with Crippen LogP contribution in [0.15, 0.2) is 12.2 Å². The summed E-state index contributed by atoms with van der Waals surface area (Å²) >= 11 is 3.30. The van der Waals surface area contributed by atoms with Crippen LogP contribution in [0.5, 0.6) is 0 Å². The van der Waals surface area contributed by atoms with Crippen molar-refractivity contribution >= 4 is 15.9 Å². The van der Waals surface area contributed by atoms with Gasteiger partial charge in [0.05, 0.1) is 5.60 Å². The predicted octanol–water partition coefficient (Wildman–Crippen LogP) is 2.11. The smallest absolute Gasteiger partial charge is 0.105 e. The molecule has 9 heavy (non-hydrogen) atoms. The van der Waals surface area contributed by atoms with Crippen molar-refractivity contribution < 1.29 is 4.74 Å². The van der Waals surface area contributed by atoms with E-state index in [1.54, 1.807) is 0 Å². The second-order valence-corrected chi connectivity index (χ2v) is 3.37. The Morgan fingerprint density at radius 2 is 2.22 bits per heavy atom. The van der Waals surface area contributed by atoms with Crippen LogP contribution in [0.4, 0.5) is 0 Å². The Morgan fingerprint density at radius 1 is 1.67 bits per heavy atom. The SMILES string of the molecule is CC1(C)OC1/C=C/CBr. The molecule has 1 fully saturated rings. The molecule has 0 spiro atoms. The molecule has 0 N–H and O–H groups in total. The number of hydrogen-bond acceptors (Lipinski definition) is 1. The zero-order chi connectivity index (χ0) is 6.91. The van der Waals surface area contributed by atoms with E-state index in [0.29, 0.717) is 6.10 Å². The van der Waals surface area contributed by atoms with Crippen LogP contribution in [-0.2, 0) is 4.74 Å². The van der Waals surface area contributed by atoms with Gasteiger partial charge in [0.2, 0.25) is 0 Å². The Kier molecular flexibility index (Phi) is 1.97. The molecule has 0 aromatic rings. The number of ether oxygens (including phenoxy) is 1. The van der Waals surface area contributed by atoms with Gasteiger partial charge in [-0.3, -0.25) is 0 Å². The minimum Gasteiger partial charge on any atom is -0.362 e. The highest BCUT2D eigenvalue weighted by Gasteiger charge is 2.45. The fourth-order valence-electron chi connectivity index (χ4n) is 0.739. The van der Waals surface area contributed by atoms with E-state index in [9.17, 15) is 0 Å². The first-order chi connectivity index (χ1) is 4.17. The summed E-state index contributed by atoms with van der Waals surface area (Å²) in [4.78, 5) is 0. The molecule has 0 aromatic carbocycles. The third-order valence-corrected chi connectivity index (χ3v) is 1.83. The van der Waals surface area contributed by atoms with Gasteiger partial charge in [-0.2, -0.15) is 0 Å². The fraction of sp³-hybridized carbons (Fsp3) is 0.714. The maximum absolute atomic E-state index is 5.30. The highest BCUT2D eigenvalue weighted by atomic mass is 79.9. The van der Waals surface area contributed by atoms with Crippen LogP contribution < -0.4 is 0 Å². The van der Waals surface area contributed by atoms with Crippen LogP contribution in [0.3, 0.4) is 0 Å². The second kappa shape index (κ2) is 2.43. The molecule has 1 atom stereocenters. The van der Waals surface area contributed by atoms with Gasteiger partial charge >= 0.3 is 0 Å². The number of halogens is 1. The van der Waals surface area contributed by atoms with Crippen LogP contribution in [0.25, 0.3) is 0 Å². The number of allylic oxidation sites excluding steroid dienone is 1. The zero-order valence-electron chi connectivity index (χ0n) is 5.73. The van der Waals surface area contributed by atoms with Crippen LogP contribution in [-0.4, -0.2) is 17.0 Å². The first kappa shape index (κ1) is 7.29. The average molecular weight is 191 g/mol. The van der Waals surface area contributed by atoms with Gasteiger partial charge in [-0.25, -0.2) is 0 Å². The Bertz CT molecular complexity index is 129. The third kappa shape index (κ3) is 1.80. The van der Waals surface area contributed by atoms with Crippen molar-refractivity contribution in [2.75, 3.05) is 5.33 Å². The molecule has 0 aliphatic carbocycles. The monoisotopic (exact) mass is 190 g/mol. The lowest BCUT2D eigenvalue weighted by atomic mass is 10.1. The number of hydrogen-bond donors (Lipinski definition) is 0. The van der Waals surface area contributed by atoms with E-state index in [-0.39, 0.29) is 5.60 Å². The molecule has 1 heterocycles.